The van der Waals surface area contributed by atoms with Crippen molar-refractivity contribution in [3.63, 3.8) is 0 Å². The molecule has 0 fully saturated rings. The highest BCUT2D eigenvalue weighted by atomic mass is 35.5. The van der Waals surface area contributed by atoms with Crippen LogP contribution in [0.4, 0.5) is 0 Å². The van der Waals surface area contributed by atoms with Gasteiger partial charge in [-0.1, -0.05) is 6.08 Å². The summed E-state index contributed by atoms with van der Waals surface area (Å²) in [6.07, 6.45) is 2.38. The van der Waals surface area contributed by atoms with E-state index in [0.717, 1.165) is 0 Å². The number of carbonyl (C=O) groups excluding carboxylic acids is 1. The van der Waals surface area contributed by atoms with Gasteiger partial charge in [0.15, 0.2) is 0 Å². The summed E-state index contributed by atoms with van der Waals surface area (Å²) in [4.78, 5) is 10.4. The lowest BCUT2D eigenvalue weighted by atomic mass is 10.2. The van der Waals surface area contributed by atoms with E-state index in [4.69, 9.17) is 16.3 Å². The van der Waals surface area contributed by atoms with Crippen LogP contribution in [-0.4, -0.2) is 18.5 Å². The molecule has 0 radical (unpaired) electrons. The molecule has 1 aliphatic heterocycles. The van der Waals surface area contributed by atoms with Crippen LogP contribution < -0.4 is 0 Å². The van der Waals surface area contributed by atoms with Crippen molar-refractivity contribution in [1.29, 1.82) is 0 Å². The number of hydrogen-bond donors (Lipinski definition) is 0. The van der Waals surface area contributed by atoms with Gasteiger partial charge in [-0.2, -0.15) is 0 Å². The maximum absolute atomic E-state index is 10.4. The van der Waals surface area contributed by atoms with E-state index in [-0.39, 0.29) is 5.24 Å². The van der Waals surface area contributed by atoms with E-state index < -0.39 is 0 Å². The first-order valence-electron chi connectivity index (χ1n) is 2.77. The largest absolute Gasteiger partial charge is 0.377 e. The highest BCUT2D eigenvalue weighted by molar-refractivity contribution is 6.67. The van der Waals surface area contributed by atoms with Gasteiger partial charge in [0.1, 0.15) is 0 Å². The minimum Gasteiger partial charge on any atom is -0.377 e. The van der Waals surface area contributed by atoms with Crippen LogP contribution in [0, 0.1) is 0 Å². The van der Waals surface area contributed by atoms with Gasteiger partial charge in [-0.05, 0) is 11.6 Å². The van der Waals surface area contributed by atoms with E-state index in [0.29, 0.717) is 25.2 Å². The van der Waals surface area contributed by atoms with Crippen molar-refractivity contribution >= 4 is 16.8 Å². The van der Waals surface area contributed by atoms with Crippen LogP contribution in [0.2, 0.25) is 0 Å². The Bertz CT molecular complexity index is 151. The maximum atomic E-state index is 10.4. The Morgan fingerprint density at radius 2 is 2.56 bits per heavy atom. The van der Waals surface area contributed by atoms with Gasteiger partial charge in [0.05, 0.1) is 13.2 Å². The molecule has 0 N–H and O–H groups in total. The lowest BCUT2D eigenvalue weighted by Crippen LogP contribution is -2.07. The Labute approximate surface area is 58.4 Å². The van der Waals surface area contributed by atoms with Gasteiger partial charge in [-0.3, -0.25) is 4.79 Å². The van der Waals surface area contributed by atoms with Crippen molar-refractivity contribution in [3.05, 3.63) is 11.6 Å². The van der Waals surface area contributed by atoms with Crippen molar-refractivity contribution in [1.82, 2.24) is 0 Å². The molecule has 2 nitrogen and oxygen atoms in total. The van der Waals surface area contributed by atoms with Crippen LogP contribution in [0.25, 0.3) is 0 Å². The summed E-state index contributed by atoms with van der Waals surface area (Å²) in [7, 11) is 0. The van der Waals surface area contributed by atoms with E-state index >= 15 is 0 Å². The minimum absolute atomic E-state index is 0.349. The lowest BCUT2D eigenvalue weighted by molar-refractivity contribution is -0.109. The van der Waals surface area contributed by atoms with Gasteiger partial charge in [0.25, 0.3) is 0 Å². The summed E-state index contributed by atoms with van der Waals surface area (Å²) in [5, 5.41) is -0.349. The van der Waals surface area contributed by atoms with E-state index in [1.807, 2.05) is 0 Å². The van der Waals surface area contributed by atoms with Gasteiger partial charge >= 0.3 is 0 Å². The van der Waals surface area contributed by atoms with Crippen LogP contribution in [0.3, 0.4) is 0 Å². The molecule has 0 aliphatic carbocycles. The molecular formula is C6H7ClO2. The van der Waals surface area contributed by atoms with Crippen LogP contribution >= 0.6 is 11.6 Å². The average Bonchev–Trinajstić information content (AvgIpc) is 1.90. The Morgan fingerprint density at radius 1 is 1.78 bits per heavy atom. The molecule has 9 heavy (non-hydrogen) atoms. The third-order valence-electron chi connectivity index (χ3n) is 1.22. The molecule has 1 rings (SSSR count). The molecule has 0 amide bonds. The zero-order chi connectivity index (χ0) is 6.69. The summed E-state index contributed by atoms with van der Waals surface area (Å²) < 4.78 is 4.96. The molecule has 0 saturated carbocycles. The molecule has 0 aromatic carbocycles. The summed E-state index contributed by atoms with van der Waals surface area (Å²) in [6.45, 7) is 1.14. The summed E-state index contributed by atoms with van der Waals surface area (Å²) in [5.41, 5.74) is 0.683. The summed E-state index contributed by atoms with van der Waals surface area (Å²) in [6, 6.07) is 0. The van der Waals surface area contributed by atoms with E-state index in [9.17, 15) is 4.79 Å². The van der Waals surface area contributed by atoms with Crippen molar-refractivity contribution < 1.29 is 9.53 Å². The lowest BCUT2D eigenvalue weighted by Gasteiger charge is -2.08. The highest BCUT2D eigenvalue weighted by Gasteiger charge is 2.08. The third kappa shape index (κ3) is 1.80. The minimum atomic E-state index is -0.349. The molecule has 0 saturated heterocycles. The molecule has 50 valence electrons. The van der Waals surface area contributed by atoms with Crippen molar-refractivity contribution in [3.8, 4) is 0 Å². The standard InChI is InChI=1S/C6H7ClO2/c7-6(8)5-1-3-9-4-2-5/h1H,2-4H2. The van der Waals surface area contributed by atoms with Crippen LogP contribution in [0.5, 0.6) is 0 Å². The fraction of sp³-hybridized carbons (Fsp3) is 0.500. The fourth-order valence-corrected chi connectivity index (χ4v) is 0.877. The van der Waals surface area contributed by atoms with E-state index in [1.54, 1.807) is 6.08 Å². The van der Waals surface area contributed by atoms with Crippen molar-refractivity contribution in [2.24, 2.45) is 0 Å². The average molecular weight is 147 g/mol. The predicted molar refractivity (Wildman–Crippen MR) is 34.4 cm³/mol. The molecule has 0 atom stereocenters. The number of halogens is 1. The first kappa shape index (κ1) is 6.78. The molecule has 1 heterocycles. The zero-order valence-electron chi connectivity index (χ0n) is 4.89. The monoisotopic (exact) mass is 146 g/mol. The van der Waals surface area contributed by atoms with Crippen molar-refractivity contribution in [2.75, 3.05) is 13.2 Å². The smallest absolute Gasteiger partial charge is 0.248 e. The van der Waals surface area contributed by atoms with Gasteiger partial charge in [0, 0.05) is 12.0 Å². The third-order valence-corrected chi connectivity index (χ3v) is 1.46. The normalized spacial score (nSPS) is 19.0. The first-order valence-corrected chi connectivity index (χ1v) is 3.15. The zero-order valence-corrected chi connectivity index (χ0v) is 5.65. The molecule has 3 heteroatoms. The van der Waals surface area contributed by atoms with Gasteiger partial charge in [-0.25, -0.2) is 0 Å². The van der Waals surface area contributed by atoms with Crippen LogP contribution in [-0.2, 0) is 9.53 Å². The SMILES string of the molecule is O=C(Cl)C1=CCOCC1. The highest BCUT2D eigenvalue weighted by Crippen LogP contribution is 2.09. The molecule has 0 aromatic heterocycles. The van der Waals surface area contributed by atoms with Crippen LogP contribution in [0.15, 0.2) is 11.6 Å². The predicted octanol–water partition coefficient (Wildman–Crippen LogP) is 1.10. The maximum Gasteiger partial charge on any atom is 0.248 e. The second kappa shape index (κ2) is 2.99. The quantitative estimate of drug-likeness (QED) is 0.518. The Hall–Kier alpha value is -0.340. The van der Waals surface area contributed by atoms with Gasteiger partial charge in [-0.15, -0.1) is 0 Å². The Balaban J connectivity index is 2.57. The summed E-state index contributed by atoms with van der Waals surface area (Å²) >= 11 is 5.19. The van der Waals surface area contributed by atoms with Crippen molar-refractivity contribution in [2.45, 2.75) is 6.42 Å². The first-order chi connectivity index (χ1) is 4.30. The Kier molecular flexibility index (Phi) is 2.25. The number of hydrogen-bond acceptors (Lipinski definition) is 2. The Morgan fingerprint density at radius 3 is 2.89 bits per heavy atom. The van der Waals surface area contributed by atoms with Gasteiger partial charge in [0.2, 0.25) is 5.24 Å². The van der Waals surface area contributed by atoms with E-state index in [2.05, 4.69) is 0 Å². The van der Waals surface area contributed by atoms with Crippen LogP contribution in [0.1, 0.15) is 6.42 Å². The topological polar surface area (TPSA) is 26.3 Å². The molecule has 0 unspecified atom stereocenters. The summed E-state index contributed by atoms with van der Waals surface area (Å²) in [5.74, 6) is 0. The number of ether oxygens (including phenoxy) is 1. The fourth-order valence-electron chi connectivity index (χ4n) is 0.706. The number of carbonyl (C=O) groups is 1. The van der Waals surface area contributed by atoms with Gasteiger partial charge < -0.3 is 4.74 Å². The molecule has 0 spiro atoms. The molecule has 0 bridgehead atoms. The second-order valence-corrected chi connectivity index (χ2v) is 2.17. The molecular weight excluding hydrogens is 140 g/mol. The number of rotatable bonds is 1. The second-order valence-electron chi connectivity index (χ2n) is 1.83. The van der Waals surface area contributed by atoms with E-state index in [1.165, 1.54) is 0 Å². The molecule has 0 aromatic rings. The molecule has 1 aliphatic rings.